The average molecular weight is 529 g/mol. The molecule has 0 radical (unpaired) electrons. The second-order valence-corrected chi connectivity index (χ2v) is 11.1. The average Bonchev–Trinajstić information content (AvgIpc) is 3.39. The highest BCUT2D eigenvalue weighted by Crippen LogP contribution is 2.74. The van der Waals surface area contributed by atoms with Gasteiger partial charge in [-0.25, -0.2) is 15.0 Å². The lowest BCUT2D eigenvalue weighted by Gasteiger charge is -2.38. The van der Waals surface area contributed by atoms with Gasteiger partial charge in [-0.1, -0.05) is 0 Å². The van der Waals surface area contributed by atoms with E-state index >= 15 is 0 Å². The smallest absolute Gasteiger partial charge is 0.380 e. The van der Waals surface area contributed by atoms with Crippen molar-refractivity contribution < 1.29 is 22.6 Å². The van der Waals surface area contributed by atoms with Crippen LogP contribution < -0.4 is 10.5 Å². The minimum absolute atomic E-state index is 0.0175. The Balaban J connectivity index is 1.30. The van der Waals surface area contributed by atoms with Gasteiger partial charge < -0.3 is 19.4 Å². The SMILES string of the molecule is Cc1nc2nc(N3C[C@@H](C)O[C@@H](c4ccc(=O)[nH]c4)C3)nc(C34CC(C(F)(F)F)C3C4)c2nc1C1COC1. The minimum atomic E-state index is -4.21. The van der Waals surface area contributed by atoms with Crippen LogP contribution in [0.3, 0.4) is 0 Å². The van der Waals surface area contributed by atoms with Gasteiger partial charge in [-0.15, -0.1) is 0 Å². The summed E-state index contributed by atoms with van der Waals surface area (Å²) >= 11 is 0. The number of ether oxygens (including phenoxy) is 2. The molecule has 4 aliphatic rings. The van der Waals surface area contributed by atoms with E-state index in [0.29, 0.717) is 55.5 Å². The number of pyridine rings is 1. The van der Waals surface area contributed by atoms with E-state index in [2.05, 4.69) is 4.98 Å². The van der Waals surface area contributed by atoms with Crippen LogP contribution in [0.25, 0.3) is 11.2 Å². The predicted molar refractivity (Wildman–Crippen MR) is 130 cm³/mol. The van der Waals surface area contributed by atoms with Gasteiger partial charge >= 0.3 is 6.18 Å². The number of fused-ring (bicyclic) bond motifs is 2. The lowest BCUT2D eigenvalue weighted by molar-refractivity contribution is -0.200. The summed E-state index contributed by atoms with van der Waals surface area (Å²) in [7, 11) is 0. The number of halogens is 3. The first-order chi connectivity index (χ1) is 18.1. The third-order valence-electron chi connectivity index (χ3n) is 8.57. The molecule has 9 nitrogen and oxygen atoms in total. The number of aromatic amines is 1. The summed E-state index contributed by atoms with van der Waals surface area (Å²) in [5.41, 5.74) is 3.02. The number of hydrogen-bond donors (Lipinski definition) is 1. The number of alkyl halides is 3. The number of morpholine rings is 1. The molecule has 12 heteroatoms. The van der Waals surface area contributed by atoms with Crippen LogP contribution in [0.2, 0.25) is 0 Å². The molecular formula is C26H27F3N6O3. The van der Waals surface area contributed by atoms with Gasteiger partial charge in [0.25, 0.3) is 0 Å². The zero-order valence-electron chi connectivity index (χ0n) is 21.0. The summed E-state index contributed by atoms with van der Waals surface area (Å²) < 4.78 is 52.2. The van der Waals surface area contributed by atoms with E-state index in [4.69, 9.17) is 29.4 Å². The summed E-state index contributed by atoms with van der Waals surface area (Å²) in [4.78, 5) is 35.6. The normalized spacial score (nSPS) is 31.0. The van der Waals surface area contributed by atoms with Gasteiger partial charge in [0.1, 0.15) is 11.6 Å². The van der Waals surface area contributed by atoms with Crippen LogP contribution in [0.1, 0.15) is 54.4 Å². The summed E-state index contributed by atoms with van der Waals surface area (Å²) in [5, 5.41) is 0. The summed E-state index contributed by atoms with van der Waals surface area (Å²) in [6.07, 6.45) is -2.62. The minimum Gasteiger partial charge on any atom is -0.380 e. The van der Waals surface area contributed by atoms with E-state index in [1.54, 1.807) is 12.3 Å². The molecule has 2 aliphatic carbocycles. The Hall–Kier alpha value is -3.12. The van der Waals surface area contributed by atoms with E-state index in [1.165, 1.54) is 6.07 Å². The Morgan fingerprint density at radius 3 is 2.58 bits per heavy atom. The number of rotatable bonds is 4. The second kappa shape index (κ2) is 8.19. The fourth-order valence-corrected chi connectivity index (χ4v) is 6.40. The summed E-state index contributed by atoms with van der Waals surface area (Å²) in [6.45, 7) is 5.86. The molecule has 3 unspecified atom stereocenters. The molecule has 4 fully saturated rings. The Morgan fingerprint density at radius 1 is 1.11 bits per heavy atom. The van der Waals surface area contributed by atoms with Gasteiger partial charge in [-0.3, -0.25) is 4.79 Å². The largest absolute Gasteiger partial charge is 0.392 e. The van der Waals surface area contributed by atoms with Crippen molar-refractivity contribution >= 4 is 17.1 Å². The maximum absolute atomic E-state index is 13.6. The van der Waals surface area contributed by atoms with Gasteiger partial charge in [0.05, 0.1) is 48.9 Å². The van der Waals surface area contributed by atoms with Gasteiger partial charge in [-0.2, -0.15) is 18.2 Å². The van der Waals surface area contributed by atoms with Gasteiger partial charge in [-0.05, 0) is 44.2 Å². The Bertz CT molecular complexity index is 1470. The van der Waals surface area contributed by atoms with E-state index in [-0.39, 0.29) is 30.1 Å². The number of aryl methyl sites for hydroxylation is 1. The molecule has 5 atom stereocenters. The highest BCUT2D eigenvalue weighted by atomic mass is 19.4. The standard InChI is InChI=1S/C26H27F3N6O3/c1-12-8-35(9-18(38-12)14-3-4-19(36)30-7-14)24-33-22(25-5-16(25)17(6-25)26(27,28)29)21-23(34-24)31-13(2)20(32-21)15-10-37-11-15/h3-4,7,12,15-18H,5-6,8-11H2,1-2H3,(H,30,36)/t12-,16?,17?,18-,25?/m1/s1. The molecule has 2 aliphatic heterocycles. The van der Waals surface area contributed by atoms with Crippen molar-refractivity contribution in [2.24, 2.45) is 11.8 Å². The molecule has 2 saturated heterocycles. The number of nitrogens with one attached hydrogen (secondary N) is 1. The topological polar surface area (TPSA) is 106 Å². The van der Waals surface area contributed by atoms with Crippen molar-refractivity contribution in [3.05, 3.63) is 51.3 Å². The molecule has 1 N–H and O–H groups in total. The van der Waals surface area contributed by atoms with E-state index in [9.17, 15) is 18.0 Å². The van der Waals surface area contributed by atoms with E-state index in [0.717, 1.165) is 17.0 Å². The molecule has 0 spiro atoms. The first-order valence-electron chi connectivity index (χ1n) is 12.9. The van der Waals surface area contributed by atoms with Gasteiger partial charge in [0, 0.05) is 30.1 Å². The molecule has 3 aromatic rings. The van der Waals surface area contributed by atoms with Crippen LogP contribution in [0.5, 0.6) is 0 Å². The first-order valence-corrected chi connectivity index (χ1v) is 12.9. The molecule has 0 aromatic carbocycles. The monoisotopic (exact) mass is 528 g/mol. The van der Waals surface area contributed by atoms with Crippen molar-refractivity contribution in [3.63, 3.8) is 0 Å². The van der Waals surface area contributed by atoms with Gasteiger partial charge in [0.2, 0.25) is 11.5 Å². The van der Waals surface area contributed by atoms with Crippen molar-refractivity contribution in [1.29, 1.82) is 0 Å². The lowest BCUT2D eigenvalue weighted by atomic mass is 9.72. The highest BCUT2D eigenvalue weighted by molar-refractivity contribution is 5.77. The molecule has 7 rings (SSSR count). The third-order valence-corrected chi connectivity index (χ3v) is 8.57. The van der Waals surface area contributed by atoms with E-state index < -0.39 is 23.4 Å². The third kappa shape index (κ3) is 3.71. The van der Waals surface area contributed by atoms with Crippen LogP contribution in [0, 0.1) is 18.8 Å². The molecule has 0 amide bonds. The van der Waals surface area contributed by atoms with Crippen molar-refractivity contribution in [3.8, 4) is 0 Å². The van der Waals surface area contributed by atoms with Crippen molar-refractivity contribution in [1.82, 2.24) is 24.9 Å². The Labute approximate surface area is 215 Å². The van der Waals surface area contributed by atoms with Crippen LogP contribution >= 0.6 is 0 Å². The molecule has 2 saturated carbocycles. The molecule has 0 bridgehead atoms. The zero-order valence-corrected chi connectivity index (χ0v) is 21.0. The molecule has 200 valence electrons. The van der Waals surface area contributed by atoms with Crippen LogP contribution in [0.15, 0.2) is 23.1 Å². The predicted octanol–water partition coefficient (Wildman–Crippen LogP) is 3.34. The maximum atomic E-state index is 13.6. The fourth-order valence-electron chi connectivity index (χ4n) is 6.40. The number of hydrogen-bond acceptors (Lipinski definition) is 8. The van der Waals surface area contributed by atoms with Crippen LogP contribution in [0.4, 0.5) is 19.1 Å². The molecule has 38 heavy (non-hydrogen) atoms. The van der Waals surface area contributed by atoms with Crippen LogP contribution in [-0.2, 0) is 14.9 Å². The fraction of sp³-hybridized carbons (Fsp3) is 0.577. The Kier molecular flexibility index (Phi) is 5.16. The van der Waals surface area contributed by atoms with Crippen LogP contribution in [-0.4, -0.2) is 63.5 Å². The number of nitrogens with zero attached hydrogens (tertiary/aromatic N) is 5. The quantitative estimate of drug-likeness (QED) is 0.550. The Morgan fingerprint density at radius 2 is 1.92 bits per heavy atom. The molecule has 3 aromatic heterocycles. The highest BCUT2D eigenvalue weighted by Gasteiger charge is 2.75. The lowest BCUT2D eigenvalue weighted by Crippen LogP contribution is -2.44. The van der Waals surface area contributed by atoms with E-state index in [1.807, 2.05) is 18.7 Å². The van der Waals surface area contributed by atoms with Gasteiger partial charge in [0.15, 0.2) is 5.65 Å². The van der Waals surface area contributed by atoms with Crippen molar-refractivity contribution in [2.75, 3.05) is 31.2 Å². The number of H-pyrrole nitrogens is 1. The summed E-state index contributed by atoms with van der Waals surface area (Å²) in [5.74, 6) is -1.25. The summed E-state index contributed by atoms with van der Waals surface area (Å²) in [6, 6.07) is 3.18. The maximum Gasteiger partial charge on any atom is 0.392 e. The number of anilines is 1. The second-order valence-electron chi connectivity index (χ2n) is 11.1. The number of aromatic nitrogens is 5. The zero-order chi connectivity index (χ0) is 26.4. The molecule has 5 heterocycles. The first kappa shape index (κ1) is 24.0. The van der Waals surface area contributed by atoms with Crippen molar-refractivity contribution in [2.45, 2.75) is 56.4 Å². The molecular weight excluding hydrogens is 501 g/mol.